The van der Waals surface area contributed by atoms with Gasteiger partial charge in [0.25, 0.3) is 0 Å². The summed E-state index contributed by atoms with van der Waals surface area (Å²) in [6.45, 7) is 0.687. The van der Waals surface area contributed by atoms with E-state index in [4.69, 9.17) is 11.6 Å². The molecular weight excluding hydrogens is 336 g/mol. The minimum absolute atomic E-state index is 0.0688. The first-order valence-electron chi connectivity index (χ1n) is 8.87. The summed E-state index contributed by atoms with van der Waals surface area (Å²) in [4.78, 5) is 19.3. The number of carbonyl (C=O) groups excluding carboxylic acids is 1. The van der Waals surface area contributed by atoms with Crippen LogP contribution >= 0.6 is 11.6 Å². The van der Waals surface area contributed by atoms with Gasteiger partial charge in [-0.05, 0) is 30.5 Å². The third-order valence-electron chi connectivity index (χ3n) is 5.78. The molecule has 1 saturated heterocycles. The number of Topliss-reactive ketones (excluding diaryl/α,β-unsaturated/α-hetero) is 1. The van der Waals surface area contributed by atoms with E-state index in [0.717, 1.165) is 24.1 Å². The highest BCUT2D eigenvalue weighted by Crippen LogP contribution is 2.48. The molecule has 5 nitrogen and oxygen atoms in total. The fourth-order valence-corrected chi connectivity index (χ4v) is 5.01. The van der Waals surface area contributed by atoms with E-state index in [2.05, 4.69) is 39.4 Å². The van der Waals surface area contributed by atoms with Crippen LogP contribution in [0.15, 0.2) is 35.6 Å². The average Bonchev–Trinajstić information content (AvgIpc) is 2.92. The van der Waals surface area contributed by atoms with E-state index in [9.17, 15) is 4.79 Å². The van der Waals surface area contributed by atoms with Crippen molar-refractivity contribution >= 4 is 23.1 Å². The summed E-state index contributed by atoms with van der Waals surface area (Å²) in [5, 5.41) is 4.35. The maximum absolute atomic E-state index is 13.0. The van der Waals surface area contributed by atoms with Gasteiger partial charge in [0.2, 0.25) is 0 Å². The van der Waals surface area contributed by atoms with Crippen LogP contribution in [0.25, 0.3) is 0 Å². The SMILES string of the molecule is CN1C=C(Cl)N2C(c3ccc(N(C)C)cc3)NC3CCCC(=O)C32C1. The van der Waals surface area contributed by atoms with Gasteiger partial charge in [0.15, 0.2) is 5.78 Å². The van der Waals surface area contributed by atoms with E-state index in [-0.39, 0.29) is 12.2 Å². The highest BCUT2D eigenvalue weighted by molar-refractivity contribution is 6.29. The number of nitrogens with one attached hydrogen (secondary N) is 1. The van der Waals surface area contributed by atoms with E-state index in [1.54, 1.807) is 0 Å². The molecule has 1 aromatic carbocycles. The molecule has 4 rings (SSSR count). The average molecular weight is 361 g/mol. The molecule has 0 aromatic heterocycles. The highest BCUT2D eigenvalue weighted by atomic mass is 35.5. The fourth-order valence-electron chi connectivity index (χ4n) is 4.59. The first-order valence-corrected chi connectivity index (χ1v) is 9.25. The monoisotopic (exact) mass is 360 g/mol. The highest BCUT2D eigenvalue weighted by Gasteiger charge is 2.61. The van der Waals surface area contributed by atoms with Crippen molar-refractivity contribution in [3.05, 3.63) is 41.2 Å². The minimum atomic E-state index is -0.552. The molecule has 1 spiro atoms. The van der Waals surface area contributed by atoms with E-state index < -0.39 is 5.54 Å². The minimum Gasteiger partial charge on any atom is -0.378 e. The molecule has 2 heterocycles. The molecule has 1 saturated carbocycles. The van der Waals surface area contributed by atoms with Gasteiger partial charge in [0.05, 0.1) is 0 Å². The van der Waals surface area contributed by atoms with Crippen LogP contribution in [0, 0.1) is 0 Å². The molecule has 3 unspecified atom stereocenters. The number of nitrogens with zero attached hydrogens (tertiary/aromatic N) is 3. The Labute approximate surface area is 154 Å². The summed E-state index contributed by atoms with van der Waals surface area (Å²) in [6, 6.07) is 8.62. The molecule has 0 radical (unpaired) electrons. The Kier molecular flexibility index (Phi) is 3.96. The zero-order chi connectivity index (χ0) is 17.8. The lowest BCUT2D eigenvalue weighted by Gasteiger charge is -2.49. The molecule has 6 heteroatoms. The number of carbonyl (C=O) groups is 1. The smallest absolute Gasteiger partial charge is 0.161 e. The normalized spacial score (nSPS) is 31.5. The lowest BCUT2D eigenvalue weighted by Crippen LogP contribution is -2.65. The number of anilines is 1. The lowest BCUT2D eigenvalue weighted by atomic mass is 9.75. The second-order valence-electron chi connectivity index (χ2n) is 7.58. The van der Waals surface area contributed by atoms with Gasteiger partial charge < -0.3 is 14.7 Å². The number of likely N-dealkylation sites (N-methyl/N-ethyl adjacent to an activating group) is 1. The first-order chi connectivity index (χ1) is 11.9. The summed E-state index contributed by atoms with van der Waals surface area (Å²) in [5.41, 5.74) is 1.75. The van der Waals surface area contributed by atoms with Crippen molar-refractivity contribution in [1.82, 2.24) is 15.1 Å². The predicted molar refractivity (Wildman–Crippen MR) is 100 cm³/mol. The van der Waals surface area contributed by atoms with E-state index in [1.165, 1.54) is 0 Å². The first kappa shape index (κ1) is 16.7. The van der Waals surface area contributed by atoms with Crippen molar-refractivity contribution in [2.24, 2.45) is 0 Å². The fraction of sp³-hybridized carbons (Fsp3) is 0.526. The van der Waals surface area contributed by atoms with Crippen LogP contribution < -0.4 is 10.2 Å². The molecule has 3 aliphatic rings. The maximum atomic E-state index is 13.0. The molecule has 1 N–H and O–H groups in total. The lowest BCUT2D eigenvalue weighted by molar-refractivity contribution is -0.133. The quantitative estimate of drug-likeness (QED) is 0.820. The molecule has 25 heavy (non-hydrogen) atoms. The van der Waals surface area contributed by atoms with Crippen molar-refractivity contribution in [2.75, 3.05) is 32.6 Å². The zero-order valence-corrected chi connectivity index (χ0v) is 15.8. The van der Waals surface area contributed by atoms with Crippen molar-refractivity contribution in [2.45, 2.75) is 37.0 Å². The van der Waals surface area contributed by atoms with Crippen molar-refractivity contribution < 1.29 is 4.79 Å². The molecule has 3 atom stereocenters. The van der Waals surface area contributed by atoms with Crippen molar-refractivity contribution in [3.63, 3.8) is 0 Å². The van der Waals surface area contributed by atoms with Crippen molar-refractivity contribution in [3.8, 4) is 0 Å². The summed E-state index contributed by atoms with van der Waals surface area (Å²) in [7, 11) is 6.06. The summed E-state index contributed by atoms with van der Waals surface area (Å²) < 4.78 is 0. The van der Waals surface area contributed by atoms with Crippen LogP contribution in [0.1, 0.15) is 31.0 Å². The molecule has 0 bridgehead atoms. The Balaban J connectivity index is 1.77. The third kappa shape index (κ3) is 2.44. The van der Waals surface area contributed by atoms with Crippen LogP contribution in [-0.2, 0) is 4.79 Å². The number of benzene rings is 1. The zero-order valence-electron chi connectivity index (χ0n) is 15.0. The number of hydrogen-bond acceptors (Lipinski definition) is 5. The number of rotatable bonds is 2. The second-order valence-corrected chi connectivity index (χ2v) is 7.97. The van der Waals surface area contributed by atoms with Crippen LogP contribution in [0.3, 0.4) is 0 Å². The van der Waals surface area contributed by atoms with Gasteiger partial charge in [-0.3, -0.25) is 10.1 Å². The predicted octanol–water partition coefficient (Wildman–Crippen LogP) is 2.50. The van der Waals surface area contributed by atoms with E-state index >= 15 is 0 Å². The molecule has 2 fully saturated rings. The van der Waals surface area contributed by atoms with Crippen LogP contribution in [0.2, 0.25) is 0 Å². The Morgan fingerprint density at radius 3 is 2.68 bits per heavy atom. The van der Waals surface area contributed by atoms with Gasteiger partial charge in [0.1, 0.15) is 16.9 Å². The molecular formula is C19H25ClN4O. The third-order valence-corrected chi connectivity index (χ3v) is 6.06. The Morgan fingerprint density at radius 1 is 1.28 bits per heavy atom. The maximum Gasteiger partial charge on any atom is 0.161 e. The second kappa shape index (κ2) is 5.92. The van der Waals surface area contributed by atoms with Crippen molar-refractivity contribution in [1.29, 1.82) is 0 Å². The van der Waals surface area contributed by atoms with Gasteiger partial charge in [-0.25, -0.2) is 0 Å². The van der Waals surface area contributed by atoms with Gasteiger partial charge in [-0.15, -0.1) is 0 Å². The Morgan fingerprint density at radius 2 is 2.00 bits per heavy atom. The van der Waals surface area contributed by atoms with Crippen LogP contribution in [0.5, 0.6) is 0 Å². The molecule has 134 valence electrons. The van der Waals surface area contributed by atoms with E-state index in [0.29, 0.717) is 23.9 Å². The topological polar surface area (TPSA) is 38.8 Å². The van der Waals surface area contributed by atoms with Gasteiger partial charge in [-0.1, -0.05) is 23.7 Å². The largest absolute Gasteiger partial charge is 0.378 e. The standard InChI is InChI=1S/C19H25ClN4O/c1-22(2)14-9-7-13(8-10-14)18-21-15-5-4-6-16(25)19(15)12-23(3)11-17(20)24(18)19/h7-11,15,18,21H,4-6,12H2,1-3H3. The van der Waals surface area contributed by atoms with E-state index in [1.807, 2.05) is 32.2 Å². The summed E-state index contributed by atoms with van der Waals surface area (Å²) in [5.74, 6) is 0.307. The number of ketones is 1. The molecule has 0 amide bonds. The van der Waals surface area contributed by atoms with Crippen LogP contribution in [0.4, 0.5) is 5.69 Å². The summed E-state index contributed by atoms with van der Waals surface area (Å²) in [6.07, 6.45) is 4.45. The number of halogens is 1. The summed E-state index contributed by atoms with van der Waals surface area (Å²) >= 11 is 6.66. The molecule has 1 aromatic rings. The van der Waals surface area contributed by atoms with Gasteiger partial charge in [-0.2, -0.15) is 0 Å². The Bertz CT molecular complexity index is 717. The molecule has 1 aliphatic carbocycles. The molecule has 2 aliphatic heterocycles. The number of hydrogen-bond donors (Lipinski definition) is 1. The van der Waals surface area contributed by atoms with Gasteiger partial charge >= 0.3 is 0 Å². The van der Waals surface area contributed by atoms with Gasteiger partial charge in [0, 0.05) is 52.0 Å². The Hall–Kier alpha value is -1.72. The van der Waals surface area contributed by atoms with Crippen LogP contribution in [-0.4, -0.2) is 54.9 Å².